The molecule has 0 fully saturated rings. The molecule has 1 amide bonds. The third kappa shape index (κ3) is 6.21. The molecule has 2 N–H and O–H groups in total. The molecule has 3 atom stereocenters. The molecule has 0 bridgehead atoms. The molecule has 0 aromatic carbocycles. The van der Waals surface area contributed by atoms with Crippen molar-refractivity contribution in [3.63, 3.8) is 0 Å². The maximum Gasteiger partial charge on any atom is 0.326 e. The number of ether oxygens (including phenoxy) is 1. The van der Waals surface area contributed by atoms with Crippen molar-refractivity contribution in [1.29, 1.82) is 0 Å². The molecular weight excluding hydrogens is 266 g/mol. The SMILES string of the molecule is CO[C@H](C)[C@@H](C)C(=O)NC(CCC(=O)C=[N+]=[N-])C(=O)O. The monoisotopic (exact) mass is 285 g/mol. The van der Waals surface area contributed by atoms with E-state index in [1.165, 1.54) is 7.11 Å². The van der Waals surface area contributed by atoms with Crippen molar-refractivity contribution in [2.75, 3.05) is 7.11 Å². The first-order chi connectivity index (χ1) is 9.33. The molecule has 0 saturated carbocycles. The summed E-state index contributed by atoms with van der Waals surface area (Å²) in [6.45, 7) is 3.31. The topological polar surface area (TPSA) is 129 Å². The number of carbonyl (C=O) groups is 3. The highest BCUT2D eigenvalue weighted by Crippen LogP contribution is 2.07. The van der Waals surface area contributed by atoms with Crippen molar-refractivity contribution >= 4 is 23.9 Å². The maximum absolute atomic E-state index is 11.8. The molecule has 20 heavy (non-hydrogen) atoms. The Hall–Kier alpha value is -2.05. The first-order valence-electron chi connectivity index (χ1n) is 6.09. The average molecular weight is 285 g/mol. The van der Waals surface area contributed by atoms with Crippen molar-refractivity contribution in [2.45, 2.75) is 38.8 Å². The third-order valence-corrected chi connectivity index (χ3v) is 2.99. The molecule has 0 aliphatic heterocycles. The van der Waals surface area contributed by atoms with Gasteiger partial charge in [0.15, 0.2) is 0 Å². The average Bonchev–Trinajstić information content (AvgIpc) is 2.41. The van der Waals surface area contributed by atoms with Crippen molar-refractivity contribution in [3.05, 3.63) is 5.53 Å². The first-order valence-corrected chi connectivity index (χ1v) is 6.09. The summed E-state index contributed by atoms with van der Waals surface area (Å²) in [6.07, 6.45) is 0.110. The van der Waals surface area contributed by atoms with Crippen LogP contribution in [0.5, 0.6) is 0 Å². The Bertz CT molecular complexity index is 417. The number of rotatable bonds is 9. The molecule has 0 radical (unpaired) electrons. The van der Waals surface area contributed by atoms with Gasteiger partial charge in [0.1, 0.15) is 6.04 Å². The smallest absolute Gasteiger partial charge is 0.326 e. The van der Waals surface area contributed by atoms with Gasteiger partial charge in [0.25, 0.3) is 0 Å². The molecule has 1 unspecified atom stereocenters. The van der Waals surface area contributed by atoms with Crippen LogP contribution < -0.4 is 5.32 Å². The molecule has 0 rings (SSSR count). The highest BCUT2D eigenvalue weighted by atomic mass is 16.5. The largest absolute Gasteiger partial charge is 0.480 e. The molecule has 8 nitrogen and oxygen atoms in total. The lowest BCUT2D eigenvalue weighted by Gasteiger charge is -2.20. The quantitative estimate of drug-likeness (QED) is 0.346. The normalized spacial score (nSPS) is 14.6. The molecule has 0 spiro atoms. The minimum absolute atomic E-state index is 0.0833. The zero-order chi connectivity index (χ0) is 15.7. The minimum Gasteiger partial charge on any atom is -0.480 e. The Morgan fingerprint density at radius 1 is 1.40 bits per heavy atom. The lowest BCUT2D eigenvalue weighted by Crippen LogP contribution is -2.45. The fourth-order valence-corrected chi connectivity index (χ4v) is 1.39. The summed E-state index contributed by atoms with van der Waals surface area (Å²) in [7, 11) is 1.45. The number of methoxy groups -OCH3 is 1. The summed E-state index contributed by atoms with van der Waals surface area (Å²) in [5.41, 5.74) is 8.17. The fraction of sp³-hybridized carbons (Fsp3) is 0.667. The van der Waals surface area contributed by atoms with E-state index in [2.05, 4.69) is 10.1 Å². The maximum atomic E-state index is 11.8. The number of amides is 1. The van der Waals surface area contributed by atoms with Gasteiger partial charge in [-0.3, -0.25) is 9.59 Å². The van der Waals surface area contributed by atoms with Crippen LogP contribution in [0.4, 0.5) is 0 Å². The van der Waals surface area contributed by atoms with Crippen molar-refractivity contribution in [2.24, 2.45) is 5.92 Å². The van der Waals surface area contributed by atoms with E-state index in [9.17, 15) is 14.4 Å². The molecule has 0 aromatic rings. The summed E-state index contributed by atoms with van der Waals surface area (Å²) < 4.78 is 5.00. The Labute approximate surface area is 116 Å². The Balaban J connectivity index is 4.55. The third-order valence-electron chi connectivity index (χ3n) is 2.99. The number of nitrogens with zero attached hydrogens (tertiary/aromatic N) is 2. The number of carboxylic acid groups (broad SMARTS) is 1. The van der Waals surface area contributed by atoms with Gasteiger partial charge in [-0.05, 0) is 13.3 Å². The number of carbonyl (C=O) groups excluding carboxylic acids is 2. The number of hydrogen-bond donors (Lipinski definition) is 2. The fourth-order valence-electron chi connectivity index (χ4n) is 1.39. The van der Waals surface area contributed by atoms with Gasteiger partial charge in [-0.2, -0.15) is 4.79 Å². The van der Waals surface area contributed by atoms with Crippen molar-refractivity contribution in [3.8, 4) is 0 Å². The van der Waals surface area contributed by atoms with Crippen LogP contribution in [0.2, 0.25) is 0 Å². The van der Waals surface area contributed by atoms with Crippen LogP contribution in [0.25, 0.3) is 5.53 Å². The van der Waals surface area contributed by atoms with Crippen LogP contribution in [-0.4, -0.2) is 53.0 Å². The summed E-state index contributed by atoms with van der Waals surface area (Å²) in [4.78, 5) is 36.5. The summed E-state index contributed by atoms with van der Waals surface area (Å²) in [5, 5.41) is 11.4. The highest BCUT2D eigenvalue weighted by molar-refractivity contribution is 6.25. The lowest BCUT2D eigenvalue weighted by molar-refractivity contribution is -0.143. The zero-order valence-electron chi connectivity index (χ0n) is 11.7. The first kappa shape index (κ1) is 17.9. The Morgan fingerprint density at radius 2 is 2.00 bits per heavy atom. The lowest BCUT2D eigenvalue weighted by atomic mass is 10.0. The van der Waals surface area contributed by atoms with Crippen LogP contribution in [0.3, 0.4) is 0 Å². The number of ketones is 1. The van der Waals surface area contributed by atoms with Gasteiger partial charge in [-0.15, -0.1) is 0 Å². The molecule has 0 heterocycles. The van der Waals surface area contributed by atoms with Crippen LogP contribution in [0.15, 0.2) is 0 Å². The van der Waals surface area contributed by atoms with Gasteiger partial charge < -0.3 is 20.7 Å². The molecule has 0 aliphatic carbocycles. The summed E-state index contributed by atoms with van der Waals surface area (Å²) >= 11 is 0. The van der Waals surface area contributed by atoms with Crippen LogP contribution in [0, 0.1) is 5.92 Å². The Morgan fingerprint density at radius 3 is 2.45 bits per heavy atom. The zero-order valence-corrected chi connectivity index (χ0v) is 11.7. The predicted octanol–water partition coefficient (Wildman–Crippen LogP) is -0.123. The summed E-state index contributed by atoms with van der Waals surface area (Å²) in [6, 6.07) is -1.18. The number of nitrogens with one attached hydrogen (secondary N) is 1. The second kappa shape index (κ2) is 8.95. The van der Waals surface area contributed by atoms with Gasteiger partial charge >= 0.3 is 12.2 Å². The van der Waals surface area contributed by atoms with E-state index in [0.717, 1.165) is 0 Å². The van der Waals surface area contributed by atoms with E-state index in [1.807, 2.05) is 0 Å². The van der Waals surface area contributed by atoms with Crippen LogP contribution in [0.1, 0.15) is 26.7 Å². The van der Waals surface area contributed by atoms with Crippen molar-refractivity contribution in [1.82, 2.24) is 5.32 Å². The van der Waals surface area contributed by atoms with E-state index in [-0.39, 0.29) is 18.9 Å². The minimum atomic E-state index is -1.23. The van der Waals surface area contributed by atoms with Gasteiger partial charge in [-0.1, -0.05) is 6.92 Å². The summed E-state index contributed by atoms with van der Waals surface area (Å²) in [5.74, 6) is -2.73. The molecule has 0 saturated heterocycles. The van der Waals surface area contributed by atoms with Gasteiger partial charge in [0.2, 0.25) is 11.7 Å². The number of carboxylic acids is 1. The van der Waals surface area contributed by atoms with E-state index in [4.69, 9.17) is 15.4 Å². The second-order valence-electron chi connectivity index (χ2n) is 4.38. The number of hydrogen-bond acceptors (Lipinski definition) is 4. The second-order valence-corrected chi connectivity index (χ2v) is 4.38. The van der Waals surface area contributed by atoms with Crippen LogP contribution >= 0.6 is 0 Å². The van der Waals surface area contributed by atoms with E-state index >= 15 is 0 Å². The standard InChI is InChI=1S/C12H19N3O5/c1-7(8(2)20-3)11(17)15-10(12(18)19)5-4-9(16)6-14-13/h6-8,10H,4-5H2,1-3H3,(H,15,17)(H,18,19)/t7-,8-,10?/m1/s1. The highest BCUT2D eigenvalue weighted by Gasteiger charge is 2.26. The molecule has 112 valence electrons. The van der Waals surface area contributed by atoms with Crippen LogP contribution in [-0.2, 0) is 19.1 Å². The van der Waals surface area contributed by atoms with Gasteiger partial charge in [0, 0.05) is 13.5 Å². The number of Topliss-reactive ketones (excluding diaryl/α,β-unsaturated/α-hetero) is 1. The Kier molecular flexibility index (Phi) is 8.03. The predicted molar refractivity (Wildman–Crippen MR) is 69.1 cm³/mol. The van der Waals surface area contributed by atoms with E-state index < -0.39 is 29.6 Å². The molecule has 0 aromatic heterocycles. The van der Waals surface area contributed by atoms with E-state index in [0.29, 0.717) is 6.21 Å². The number of aliphatic carboxylic acids is 1. The van der Waals surface area contributed by atoms with E-state index in [1.54, 1.807) is 13.8 Å². The van der Waals surface area contributed by atoms with Gasteiger partial charge in [-0.25, -0.2) is 4.79 Å². The molecular formula is C12H19N3O5. The molecule has 8 heteroatoms. The van der Waals surface area contributed by atoms with Crippen molar-refractivity contribution < 1.29 is 29.0 Å². The van der Waals surface area contributed by atoms with Gasteiger partial charge in [0.05, 0.1) is 12.0 Å². The molecule has 0 aliphatic rings.